The first-order valence-electron chi connectivity index (χ1n) is 2.82. The number of H-pyrrole nitrogens is 1. The van der Waals surface area contributed by atoms with Gasteiger partial charge in [0.25, 0.3) is 0 Å². The predicted octanol–water partition coefficient (Wildman–Crippen LogP) is 2.39. The summed E-state index contributed by atoms with van der Waals surface area (Å²) in [4.78, 5) is 3.02. The SMILES string of the molecule is C=C(OC)c1ccc(Br)[nH]1. The lowest BCUT2D eigenvalue weighted by molar-refractivity contribution is 0.370. The number of ether oxygens (including phenoxy) is 1. The molecule has 0 aromatic carbocycles. The Bertz CT molecular complexity index is 242. The summed E-state index contributed by atoms with van der Waals surface area (Å²) in [5.41, 5.74) is 0.898. The van der Waals surface area contributed by atoms with E-state index in [9.17, 15) is 0 Å². The van der Waals surface area contributed by atoms with Crippen LogP contribution < -0.4 is 0 Å². The molecular formula is C7H8BrNO. The van der Waals surface area contributed by atoms with Crippen LogP contribution in [0.5, 0.6) is 0 Å². The topological polar surface area (TPSA) is 25.0 Å². The molecule has 54 valence electrons. The number of nitrogens with one attached hydrogen (secondary N) is 1. The Morgan fingerprint density at radius 1 is 1.70 bits per heavy atom. The fraction of sp³-hybridized carbons (Fsp3) is 0.143. The van der Waals surface area contributed by atoms with E-state index < -0.39 is 0 Å². The molecule has 1 heterocycles. The van der Waals surface area contributed by atoms with E-state index >= 15 is 0 Å². The zero-order valence-corrected chi connectivity index (χ0v) is 7.23. The van der Waals surface area contributed by atoms with Crippen molar-refractivity contribution in [2.45, 2.75) is 0 Å². The minimum atomic E-state index is 0.644. The summed E-state index contributed by atoms with van der Waals surface area (Å²) in [5.74, 6) is 0.644. The van der Waals surface area contributed by atoms with Crippen molar-refractivity contribution in [3.05, 3.63) is 29.0 Å². The van der Waals surface area contributed by atoms with E-state index in [0.29, 0.717) is 5.76 Å². The zero-order valence-electron chi connectivity index (χ0n) is 5.65. The maximum atomic E-state index is 4.90. The summed E-state index contributed by atoms with van der Waals surface area (Å²) in [6.07, 6.45) is 0. The molecule has 0 spiro atoms. The number of hydrogen-bond acceptors (Lipinski definition) is 1. The van der Waals surface area contributed by atoms with Gasteiger partial charge in [0.05, 0.1) is 17.4 Å². The van der Waals surface area contributed by atoms with Gasteiger partial charge in [0, 0.05) is 0 Å². The average Bonchev–Trinajstić information content (AvgIpc) is 2.34. The summed E-state index contributed by atoms with van der Waals surface area (Å²) < 4.78 is 5.83. The molecule has 1 aromatic heterocycles. The van der Waals surface area contributed by atoms with E-state index in [0.717, 1.165) is 10.3 Å². The van der Waals surface area contributed by atoms with Crippen LogP contribution in [0.25, 0.3) is 5.76 Å². The van der Waals surface area contributed by atoms with Gasteiger partial charge in [-0.15, -0.1) is 0 Å². The molecule has 0 bridgehead atoms. The third kappa shape index (κ3) is 1.42. The standard InChI is InChI=1S/C7H8BrNO/c1-5(10-2)6-3-4-7(8)9-6/h3-4,9H,1H2,2H3. The lowest BCUT2D eigenvalue weighted by atomic mass is 10.4. The fourth-order valence-corrected chi connectivity index (χ4v) is 0.987. The van der Waals surface area contributed by atoms with E-state index in [2.05, 4.69) is 27.5 Å². The third-order valence-corrected chi connectivity index (χ3v) is 1.66. The second-order valence-corrected chi connectivity index (χ2v) is 2.70. The van der Waals surface area contributed by atoms with Gasteiger partial charge in [-0.3, -0.25) is 0 Å². The van der Waals surface area contributed by atoms with Gasteiger partial charge in [0.2, 0.25) is 0 Å². The molecular weight excluding hydrogens is 194 g/mol. The van der Waals surface area contributed by atoms with E-state index in [-0.39, 0.29) is 0 Å². The lowest BCUT2D eigenvalue weighted by Gasteiger charge is -1.98. The van der Waals surface area contributed by atoms with Crippen molar-refractivity contribution >= 4 is 21.7 Å². The summed E-state index contributed by atoms with van der Waals surface area (Å²) in [6.45, 7) is 3.68. The first kappa shape index (κ1) is 7.41. The highest BCUT2D eigenvalue weighted by atomic mass is 79.9. The summed E-state index contributed by atoms with van der Waals surface area (Å²) in [7, 11) is 1.59. The maximum Gasteiger partial charge on any atom is 0.135 e. The molecule has 0 saturated heterocycles. The minimum absolute atomic E-state index is 0.644. The smallest absolute Gasteiger partial charge is 0.135 e. The van der Waals surface area contributed by atoms with Gasteiger partial charge in [0.1, 0.15) is 5.76 Å². The molecule has 3 heteroatoms. The Labute approximate surface area is 68.0 Å². The van der Waals surface area contributed by atoms with Crippen molar-refractivity contribution in [1.29, 1.82) is 0 Å². The fourth-order valence-electron chi connectivity index (χ4n) is 0.641. The van der Waals surface area contributed by atoms with Gasteiger partial charge in [0.15, 0.2) is 0 Å². The van der Waals surface area contributed by atoms with Gasteiger partial charge in [-0.25, -0.2) is 0 Å². The number of methoxy groups -OCH3 is 1. The number of rotatable bonds is 2. The van der Waals surface area contributed by atoms with E-state index in [4.69, 9.17) is 4.74 Å². The molecule has 0 aliphatic rings. The van der Waals surface area contributed by atoms with Crippen LogP contribution >= 0.6 is 15.9 Å². The van der Waals surface area contributed by atoms with Crippen LogP contribution in [0.15, 0.2) is 23.3 Å². The number of halogens is 1. The Balaban J connectivity index is 2.85. The molecule has 1 rings (SSSR count). The molecule has 1 N–H and O–H groups in total. The van der Waals surface area contributed by atoms with Crippen molar-refractivity contribution in [2.75, 3.05) is 7.11 Å². The normalized spacial score (nSPS) is 9.40. The average molecular weight is 202 g/mol. The quantitative estimate of drug-likeness (QED) is 0.731. The molecule has 2 nitrogen and oxygen atoms in total. The van der Waals surface area contributed by atoms with Crippen LogP contribution in [0.1, 0.15) is 5.69 Å². The molecule has 0 fully saturated rings. The summed E-state index contributed by atoms with van der Waals surface area (Å²) >= 11 is 3.28. The third-order valence-electron chi connectivity index (χ3n) is 1.20. The number of aromatic amines is 1. The highest BCUT2D eigenvalue weighted by molar-refractivity contribution is 9.10. The van der Waals surface area contributed by atoms with Crippen molar-refractivity contribution in [3.63, 3.8) is 0 Å². The molecule has 0 unspecified atom stereocenters. The van der Waals surface area contributed by atoms with Crippen LogP contribution in [0.3, 0.4) is 0 Å². The molecule has 0 atom stereocenters. The van der Waals surface area contributed by atoms with E-state index in [1.165, 1.54) is 0 Å². The van der Waals surface area contributed by atoms with Crippen LogP contribution in [-0.4, -0.2) is 12.1 Å². The van der Waals surface area contributed by atoms with Gasteiger partial charge < -0.3 is 9.72 Å². The minimum Gasteiger partial charge on any atom is -0.495 e. The summed E-state index contributed by atoms with van der Waals surface area (Å²) in [5, 5.41) is 0. The monoisotopic (exact) mass is 201 g/mol. The second-order valence-electron chi connectivity index (χ2n) is 1.85. The number of aromatic nitrogens is 1. The van der Waals surface area contributed by atoms with Crippen LogP contribution in [0.2, 0.25) is 0 Å². The van der Waals surface area contributed by atoms with Gasteiger partial charge >= 0.3 is 0 Å². The molecule has 0 saturated carbocycles. The Kier molecular flexibility index (Phi) is 2.17. The molecule has 0 amide bonds. The highest BCUT2D eigenvalue weighted by Gasteiger charge is 1.98. The molecule has 10 heavy (non-hydrogen) atoms. The van der Waals surface area contributed by atoms with Crippen molar-refractivity contribution < 1.29 is 4.74 Å². The van der Waals surface area contributed by atoms with Gasteiger partial charge in [-0.2, -0.15) is 0 Å². The Morgan fingerprint density at radius 2 is 2.40 bits per heavy atom. The predicted molar refractivity (Wildman–Crippen MR) is 44.5 cm³/mol. The Hall–Kier alpha value is -0.700. The molecule has 0 aliphatic carbocycles. The van der Waals surface area contributed by atoms with E-state index in [1.807, 2.05) is 12.1 Å². The van der Waals surface area contributed by atoms with Gasteiger partial charge in [-0.1, -0.05) is 6.58 Å². The van der Waals surface area contributed by atoms with Crippen molar-refractivity contribution in [3.8, 4) is 0 Å². The van der Waals surface area contributed by atoms with E-state index in [1.54, 1.807) is 7.11 Å². The lowest BCUT2D eigenvalue weighted by Crippen LogP contribution is -1.83. The summed E-state index contributed by atoms with van der Waals surface area (Å²) in [6, 6.07) is 3.80. The highest BCUT2D eigenvalue weighted by Crippen LogP contribution is 2.15. The first-order chi connectivity index (χ1) is 4.74. The second kappa shape index (κ2) is 2.92. The molecule has 0 aliphatic heterocycles. The van der Waals surface area contributed by atoms with Gasteiger partial charge in [-0.05, 0) is 28.1 Å². The van der Waals surface area contributed by atoms with Crippen molar-refractivity contribution in [2.24, 2.45) is 0 Å². The molecule has 0 radical (unpaired) electrons. The maximum absolute atomic E-state index is 4.90. The first-order valence-corrected chi connectivity index (χ1v) is 3.61. The van der Waals surface area contributed by atoms with Crippen LogP contribution in [0, 0.1) is 0 Å². The Morgan fingerprint density at radius 3 is 2.80 bits per heavy atom. The van der Waals surface area contributed by atoms with Crippen LogP contribution in [0.4, 0.5) is 0 Å². The molecule has 1 aromatic rings. The van der Waals surface area contributed by atoms with Crippen molar-refractivity contribution in [1.82, 2.24) is 4.98 Å². The van der Waals surface area contributed by atoms with Crippen LogP contribution in [-0.2, 0) is 4.74 Å². The largest absolute Gasteiger partial charge is 0.495 e. The number of hydrogen-bond donors (Lipinski definition) is 1. The zero-order chi connectivity index (χ0) is 7.56.